The lowest BCUT2D eigenvalue weighted by atomic mass is 9.93. The maximum absolute atomic E-state index is 11.2. The first-order chi connectivity index (χ1) is 9.54. The van der Waals surface area contributed by atoms with Crippen molar-refractivity contribution >= 4 is 11.5 Å². The van der Waals surface area contributed by atoms with E-state index in [2.05, 4.69) is 12.2 Å². The zero-order valence-electron chi connectivity index (χ0n) is 11.7. The molecule has 0 aliphatic heterocycles. The molecule has 1 aromatic carbocycles. The number of carbonyl (C=O) groups excluding carboxylic acids is 1. The van der Waals surface area contributed by atoms with Crippen LogP contribution in [-0.4, -0.2) is 22.8 Å². The molecule has 0 heterocycles. The second-order valence-electron chi connectivity index (χ2n) is 5.51. The Morgan fingerprint density at radius 3 is 2.45 bits per heavy atom. The summed E-state index contributed by atoms with van der Waals surface area (Å²) in [6.07, 6.45) is 4.04. The smallest absolute Gasteiger partial charge is 0.269 e. The number of nitrogens with zero attached hydrogens (tertiary/aromatic N) is 1. The third kappa shape index (κ3) is 4.13. The fourth-order valence-corrected chi connectivity index (χ4v) is 2.68. The number of hydrogen-bond donors (Lipinski definition) is 1. The SMILES string of the molecule is C[C@H](Cc1ccc([N+](=O)[O-])cc1)NC1CCC(=O)CC1. The van der Waals surface area contributed by atoms with Crippen molar-refractivity contribution in [2.24, 2.45) is 0 Å². The van der Waals surface area contributed by atoms with Crippen molar-refractivity contribution in [1.82, 2.24) is 5.32 Å². The van der Waals surface area contributed by atoms with Gasteiger partial charge in [0.2, 0.25) is 0 Å². The summed E-state index contributed by atoms with van der Waals surface area (Å²) in [4.78, 5) is 21.4. The molecule has 1 aliphatic carbocycles. The summed E-state index contributed by atoms with van der Waals surface area (Å²) in [7, 11) is 0. The standard InChI is InChI=1S/C15H20N2O3/c1-11(16-13-4-8-15(18)9-5-13)10-12-2-6-14(7-3-12)17(19)20/h2-3,6-7,11,13,16H,4-5,8-10H2,1H3/t11-/m1/s1. The highest BCUT2D eigenvalue weighted by Gasteiger charge is 2.19. The monoisotopic (exact) mass is 276 g/mol. The third-order valence-electron chi connectivity index (χ3n) is 3.75. The zero-order valence-corrected chi connectivity index (χ0v) is 11.7. The summed E-state index contributed by atoms with van der Waals surface area (Å²) in [5, 5.41) is 14.1. The van der Waals surface area contributed by atoms with Crippen molar-refractivity contribution in [2.45, 2.75) is 51.1 Å². The van der Waals surface area contributed by atoms with Crippen molar-refractivity contribution in [2.75, 3.05) is 0 Å². The largest absolute Gasteiger partial charge is 0.311 e. The molecule has 1 aliphatic rings. The lowest BCUT2D eigenvalue weighted by Gasteiger charge is -2.26. The van der Waals surface area contributed by atoms with E-state index >= 15 is 0 Å². The highest BCUT2D eigenvalue weighted by atomic mass is 16.6. The Kier molecular flexibility index (Phi) is 4.84. The average molecular weight is 276 g/mol. The van der Waals surface area contributed by atoms with Crippen molar-refractivity contribution in [3.05, 3.63) is 39.9 Å². The van der Waals surface area contributed by atoms with E-state index in [9.17, 15) is 14.9 Å². The number of nitro groups is 1. The fourth-order valence-electron chi connectivity index (χ4n) is 2.68. The topological polar surface area (TPSA) is 72.2 Å². The van der Waals surface area contributed by atoms with Crippen molar-refractivity contribution < 1.29 is 9.72 Å². The van der Waals surface area contributed by atoms with Gasteiger partial charge in [0, 0.05) is 37.1 Å². The summed E-state index contributed by atoms with van der Waals surface area (Å²) in [6, 6.07) is 7.42. The number of nitro benzene ring substituents is 1. The molecule has 0 aromatic heterocycles. The van der Waals surface area contributed by atoms with Crippen LogP contribution in [-0.2, 0) is 11.2 Å². The average Bonchev–Trinajstić information content (AvgIpc) is 2.42. The first kappa shape index (κ1) is 14.7. The number of non-ortho nitro benzene ring substituents is 1. The van der Waals surface area contributed by atoms with Crippen LogP contribution in [0.5, 0.6) is 0 Å². The molecule has 20 heavy (non-hydrogen) atoms. The molecule has 5 nitrogen and oxygen atoms in total. The number of nitrogens with one attached hydrogen (secondary N) is 1. The van der Waals surface area contributed by atoms with E-state index in [0.717, 1.165) is 24.8 Å². The zero-order chi connectivity index (χ0) is 14.5. The molecule has 0 spiro atoms. The second kappa shape index (κ2) is 6.61. The highest BCUT2D eigenvalue weighted by molar-refractivity contribution is 5.79. The van der Waals surface area contributed by atoms with E-state index in [0.29, 0.717) is 30.7 Å². The van der Waals surface area contributed by atoms with E-state index in [1.165, 1.54) is 0 Å². The highest BCUT2D eigenvalue weighted by Crippen LogP contribution is 2.17. The molecule has 5 heteroatoms. The van der Waals surface area contributed by atoms with Crippen LogP contribution in [0.4, 0.5) is 5.69 Å². The minimum atomic E-state index is -0.384. The van der Waals surface area contributed by atoms with Gasteiger partial charge in [0.25, 0.3) is 5.69 Å². The lowest BCUT2D eigenvalue weighted by Crippen LogP contribution is -2.40. The predicted octanol–water partition coefficient (Wildman–Crippen LogP) is 2.63. The summed E-state index contributed by atoms with van der Waals surface area (Å²) in [5.41, 5.74) is 1.21. The third-order valence-corrected chi connectivity index (χ3v) is 3.75. The molecule has 0 bridgehead atoms. The van der Waals surface area contributed by atoms with Gasteiger partial charge in [-0.2, -0.15) is 0 Å². The summed E-state index contributed by atoms with van der Waals surface area (Å²) in [5.74, 6) is 0.367. The molecule has 1 N–H and O–H groups in total. The van der Waals surface area contributed by atoms with Gasteiger partial charge in [0.1, 0.15) is 5.78 Å². The van der Waals surface area contributed by atoms with E-state index in [1.807, 2.05) is 0 Å². The van der Waals surface area contributed by atoms with Crippen molar-refractivity contribution in [3.8, 4) is 0 Å². The number of ketones is 1. The van der Waals surface area contributed by atoms with Crippen LogP contribution in [0.15, 0.2) is 24.3 Å². The van der Waals surface area contributed by atoms with Gasteiger partial charge in [-0.3, -0.25) is 14.9 Å². The molecule has 1 fully saturated rings. The Bertz CT molecular complexity index is 474. The maximum Gasteiger partial charge on any atom is 0.269 e. The van der Waals surface area contributed by atoms with Gasteiger partial charge in [0.05, 0.1) is 4.92 Å². The number of carbonyl (C=O) groups is 1. The molecule has 1 saturated carbocycles. The minimum absolute atomic E-state index is 0.125. The first-order valence-electron chi connectivity index (χ1n) is 7.05. The quantitative estimate of drug-likeness (QED) is 0.663. The van der Waals surface area contributed by atoms with Gasteiger partial charge in [-0.05, 0) is 31.7 Å². The van der Waals surface area contributed by atoms with Crippen LogP contribution in [0.1, 0.15) is 38.2 Å². The molecular formula is C15H20N2O3. The van der Waals surface area contributed by atoms with Crippen LogP contribution in [0, 0.1) is 10.1 Å². The van der Waals surface area contributed by atoms with Crippen LogP contribution in [0.25, 0.3) is 0 Å². The van der Waals surface area contributed by atoms with Crippen molar-refractivity contribution in [1.29, 1.82) is 0 Å². The normalized spacial score (nSPS) is 17.9. The molecule has 108 valence electrons. The van der Waals surface area contributed by atoms with Gasteiger partial charge in [-0.25, -0.2) is 0 Å². The molecule has 2 rings (SSSR count). The Morgan fingerprint density at radius 2 is 1.90 bits per heavy atom. The van der Waals surface area contributed by atoms with Gasteiger partial charge >= 0.3 is 0 Å². The lowest BCUT2D eigenvalue weighted by molar-refractivity contribution is -0.384. The number of Topliss-reactive ketones (excluding diaryl/α,β-unsaturated/α-hetero) is 1. The van der Waals surface area contributed by atoms with Gasteiger partial charge < -0.3 is 5.32 Å². The first-order valence-corrected chi connectivity index (χ1v) is 7.05. The maximum atomic E-state index is 11.2. The van der Waals surface area contributed by atoms with Crippen molar-refractivity contribution in [3.63, 3.8) is 0 Å². The Labute approximate surface area is 118 Å². The molecule has 1 aromatic rings. The number of hydrogen-bond acceptors (Lipinski definition) is 4. The predicted molar refractivity (Wildman–Crippen MR) is 76.7 cm³/mol. The summed E-state index contributed by atoms with van der Waals surface area (Å²) >= 11 is 0. The Balaban J connectivity index is 1.83. The van der Waals surface area contributed by atoms with E-state index < -0.39 is 0 Å². The van der Waals surface area contributed by atoms with E-state index in [-0.39, 0.29) is 10.6 Å². The van der Waals surface area contributed by atoms with E-state index in [1.54, 1.807) is 24.3 Å². The Hall–Kier alpha value is -1.75. The van der Waals surface area contributed by atoms with Gasteiger partial charge in [-0.1, -0.05) is 12.1 Å². The van der Waals surface area contributed by atoms with E-state index in [4.69, 9.17) is 0 Å². The number of benzene rings is 1. The van der Waals surface area contributed by atoms with Gasteiger partial charge in [-0.15, -0.1) is 0 Å². The van der Waals surface area contributed by atoms with Crippen LogP contribution < -0.4 is 5.32 Å². The molecule has 0 saturated heterocycles. The summed E-state index contributed by atoms with van der Waals surface area (Å²) in [6.45, 7) is 2.11. The van der Waals surface area contributed by atoms with Crippen LogP contribution in [0.2, 0.25) is 0 Å². The Morgan fingerprint density at radius 1 is 1.30 bits per heavy atom. The van der Waals surface area contributed by atoms with Gasteiger partial charge in [0.15, 0.2) is 0 Å². The molecular weight excluding hydrogens is 256 g/mol. The molecule has 1 atom stereocenters. The minimum Gasteiger partial charge on any atom is -0.311 e. The summed E-state index contributed by atoms with van der Waals surface area (Å²) < 4.78 is 0. The number of rotatable bonds is 5. The van der Waals surface area contributed by atoms with Crippen LogP contribution >= 0.6 is 0 Å². The fraction of sp³-hybridized carbons (Fsp3) is 0.533. The van der Waals surface area contributed by atoms with Crippen LogP contribution in [0.3, 0.4) is 0 Å². The molecule has 0 amide bonds. The second-order valence-corrected chi connectivity index (χ2v) is 5.51. The molecule has 0 unspecified atom stereocenters. The molecule has 0 radical (unpaired) electrons.